The van der Waals surface area contributed by atoms with Gasteiger partial charge in [-0.3, -0.25) is 9.59 Å². The summed E-state index contributed by atoms with van der Waals surface area (Å²) >= 11 is 0. The van der Waals surface area contributed by atoms with Crippen molar-refractivity contribution in [3.05, 3.63) is 29.8 Å². The van der Waals surface area contributed by atoms with Gasteiger partial charge in [-0.15, -0.1) is 0 Å². The molecule has 1 aromatic rings. The van der Waals surface area contributed by atoms with Crippen LogP contribution in [0.3, 0.4) is 0 Å². The predicted octanol–water partition coefficient (Wildman–Crippen LogP) is 1.85. The van der Waals surface area contributed by atoms with Crippen molar-refractivity contribution in [3.63, 3.8) is 0 Å². The molecule has 1 aromatic carbocycles. The number of nitrogens with zero attached hydrogens (tertiary/aromatic N) is 1. The highest BCUT2D eigenvalue weighted by Crippen LogP contribution is 2.23. The summed E-state index contributed by atoms with van der Waals surface area (Å²) in [7, 11) is 0. The van der Waals surface area contributed by atoms with Gasteiger partial charge in [0.1, 0.15) is 0 Å². The van der Waals surface area contributed by atoms with Crippen LogP contribution in [0.1, 0.15) is 48.9 Å². The number of rotatable bonds is 3. The molecule has 22 heavy (non-hydrogen) atoms. The average Bonchev–Trinajstić information content (AvgIpc) is 2.96. The quantitative estimate of drug-likeness (QED) is 0.895. The Kier molecular flexibility index (Phi) is 4.43. The number of nitrogens with one attached hydrogen (secondary N) is 1. The molecule has 5 heteroatoms. The molecule has 5 nitrogen and oxygen atoms in total. The summed E-state index contributed by atoms with van der Waals surface area (Å²) in [4.78, 5) is 25.9. The number of carbonyl (C=O) groups excluding carboxylic acids is 2. The maximum absolute atomic E-state index is 12.4. The van der Waals surface area contributed by atoms with Gasteiger partial charge in [-0.05, 0) is 50.3 Å². The second kappa shape index (κ2) is 6.48. The number of hydrogen-bond donors (Lipinski definition) is 2. The van der Waals surface area contributed by atoms with E-state index in [2.05, 4.69) is 5.32 Å². The second-order valence-electron chi connectivity index (χ2n) is 6.18. The minimum atomic E-state index is -0.224. The number of amides is 2. The van der Waals surface area contributed by atoms with Crippen LogP contribution >= 0.6 is 0 Å². The van der Waals surface area contributed by atoms with E-state index in [9.17, 15) is 14.7 Å². The molecule has 2 N–H and O–H groups in total. The predicted molar refractivity (Wildman–Crippen MR) is 83.8 cm³/mol. The second-order valence-corrected chi connectivity index (χ2v) is 6.18. The van der Waals surface area contributed by atoms with Crippen molar-refractivity contribution in [2.75, 3.05) is 11.4 Å². The molecule has 1 saturated heterocycles. The van der Waals surface area contributed by atoms with Crippen molar-refractivity contribution in [1.29, 1.82) is 0 Å². The van der Waals surface area contributed by atoms with Crippen molar-refractivity contribution in [2.24, 2.45) is 0 Å². The Morgan fingerprint density at radius 3 is 2.68 bits per heavy atom. The number of benzene rings is 1. The molecule has 1 saturated carbocycles. The molecular weight excluding hydrogens is 280 g/mol. The minimum Gasteiger partial charge on any atom is -0.393 e. The van der Waals surface area contributed by atoms with Crippen LogP contribution in [0.2, 0.25) is 0 Å². The van der Waals surface area contributed by atoms with Gasteiger partial charge in [0.05, 0.1) is 6.10 Å². The summed E-state index contributed by atoms with van der Waals surface area (Å²) < 4.78 is 0. The molecule has 118 valence electrons. The van der Waals surface area contributed by atoms with E-state index in [-0.39, 0.29) is 24.0 Å². The lowest BCUT2D eigenvalue weighted by molar-refractivity contribution is -0.117. The van der Waals surface area contributed by atoms with Crippen LogP contribution < -0.4 is 10.2 Å². The average molecular weight is 302 g/mol. The van der Waals surface area contributed by atoms with E-state index in [1.54, 1.807) is 17.0 Å². The van der Waals surface area contributed by atoms with Crippen LogP contribution in [0.4, 0.5) is 5.69 Å². The molecule has 0 bridgehead atoms. The summed E-state index contributed by atoms with van der Waals surface area (Å²) in [6, 6.07) is 7.39. The molecule has 0 unspecified atom stereocenters. The molecule has 0 spiro atoms. The lowest BCUT2D eigenvalue weighted by Gasteiger charge is -2.26. The summed E-state index contributed by atoms with van der Waals surface area (Å²) in [6.45, 7) is 0.727. The number of aliphatic hydroxyl groups is 1. The van der Waals surface area contributed by atoms with Crippen LogP contribution in [0.25, 0.3) is 0 Å². The Morgan fingerprint density at radius 2 is 2.00 bits per heavy atom. The van der Waals surface area contributed by atoms with Crippen LogP contribution in [0.15, 0.2) is 24.3 Å². The minimum absolute atomic E-state index is 0.102. The molecular formula is C17H22N2O3. The molecule has 0 aromatic heterocycles. The Balaban J connectivity index is 1.66. The molecule has 2 aliphatic rings. The monoisotopic (exact) mass is 302 g/mol. The summed E-state index contributed by atoms with van der Waals surface area (Å²) in [6.07, 6.45) is 4.35. The van der Waals surface area contributed by atoms with Gasteiger partial charge in [-0.25, -0.2) is 0 Å². The highest BCUT2D eigenvalue weighted by atomic mass is 16.3. The van der Waals surface area contributed by atoms with Crippen molar-refractivity contribution < 1.29 is 14.7 Å². The number of anilines is 1. The zero-order valence-electron chi connectivity index (χ0n) is 12.6. The van der Waals surface area contributed by atoms with Crippen molar-refractivity contribution >= 4 is 17.5 Å². The third-order valence-corrected chi connectivity index (χ3v) is 4.53. The van der Waals surface area contributed by atoms with Crippen LogP contribution in [-0.2, 0) is 4.79 Å². The van der Waals surface area contributed by atoms with Crippen molar-refractivity contribution in [1.82, 2.24) is 5.32 Å². The van der Waals surface area contributed by atoms with Crippen molar-refractivity contribution in [3.8, 4) is 0 Å². The third kappa shape index (κ3) is 3.30. The zero-order valence-corrected chi connectivity index (χ0v) is 12.6. The maximum atomic E-state index is 12.4. The van der Waals surface area contributed by atoms with Gasteiger partial charge >= 0.3 is 0 Å². The molecule has 3 rings (SSSR count). The zero-order chi connectivity index (χ0) is 15.5. The SMILES string of the molecule is O=C(NC1CCC(O)CC1)c1cccc(N2CCCC2=O)c1. The fourth-order valence-electron chi connectivity index (χ4n) is 3.23. The largest absolute Gasteiger partial charge is 0.393 e. The van der Waals surface area contributed by atoms with Gasteiger partial charge in [0.2, 0.25) is 5.91 Å². The van der Waals surface area contributed by atoms with E-state index in [0.29, 0.717) is 12.0 Å². The first-order valence-corrected chi connectivity index (χ1v) is 8.03. The number of aliphatic hydroxyl groups excluding tert-OH is 1. The maximum Gasteiger partial charge on any atom is 0.251 e. The fourth-order valence-corrected chi connectivity index (χ4v) is 3.23. The summed E-state index contributed by atoms with van der Waals surface area (Å²) in [5.41, 5.74) is 1.39. The standard InChI is InChI=1S/C17H22N2O3/c20-15-8-6-13(7-9-15)18-17(22)12-3-1-4-14(11-12)19-10-2-5-16(19)21/h1,3-4,11,13,15,20H,2,5-10H2,(H,18,22). The van der Waals surface area contributed by atoms with Crippen LogP contribution in [0.5, 0.6) is 0 Å². The Labute approximate surface area is 130 Å². The Morgan fingerprint density at radius 1 is 1.23 bits per heavy atom. The molecule has 1 aliphatic heterocycles. The van der Waals surface area contributed by atoms with E-state index in [1.165, 1.54) is 0 Å². The Bertz CT molecular complexity index is 565. The van der Waals surface area contributed by atoms with Crippen molar-refractivity contribution in [2.45, 2.75) is 50.7 Å². The first-order chi connectivity index (χ1) is 10.6. The first kappa shape index (κ1) is 15.0. The highest BCUT2D eigenvalue weighted by molar-refractivity contribution is 5.99. The van der Waals surface area contributed by atoms with Gasteiger partial charge in [0.15, 0.2) is 0 Å². The van der Waals surface area contributed by atoms with Gasteiger partial charge in [0, 0.05) is 30.3 Å². The number of hydrogen-bond acceptors (Lipinski definition) is 3. The third-order valence-electron chi connectivity index (χ3n) is 4.53. The highest BCUT2D eigenvalue weighted by Gasteiger charge is 2.24. The normalized spacial score (nSPS) is 25.3. The van der Waals surface area contributed by atoms with Gasteiger partial charge in [-0.2, -0.15) is 0 Å². The van der Waals surface area contributed by atoms with Crippen LogP contribution in [0, 0.1) is 0 Å². The van der Waals surface area contributed by atoms with Gasteiger partial charge < -0.3 is 15.3 Å². The van der Waals surface area contributed by atoms with Crippen LogP contribution in [-0.4, -0.2) is 35.6 Å². The molecule has 2 amide bonds. The molecule has 0 radical (unpaired) electrons. The van der Waals surface area contributed by atoms with E-state index < -0.39 is 0 Å². The van der Waals surface area contributed by atoms with E-state index in [4.69, 9.17) is 0 Å². The molecule has 1 heterocycles. The fraction of sp³-hybridized carbons (Fsp3) is 0.529. The van der Waals surface area contributed by atoms with E-state index >= 15 is 0 Å². The number of carbonyl (C=O) groups is 2. The van der Waals surface area contributed by atoms with E-state index in [1.807, 2.05) is 12.1 Å². The molecule has 2 fully saturated rings. The first-order valence-electron chi connectivity index (χ1n) is 8.03. The lowest BCUT2D eigenvalue weighted by Crippen LogP contribution is -2.38. The molecule has 1 aliphatic carbocycles. The van der Waals surface area contributed by atoms with E-state index in [0.717, 1.165) is 44.3 Å². The van der Waals surface area contributed by atoms with Gasteiger partial charge in [0.25, 0.3) is 5.91 Å². The summed E-state index contributed by atoms with van der Waals surface area (Å²) in [5, 5.41) is 12.5. The lowest BCUT2D eigenvalue weighted by atomic mass is 9.93. The topological polar surface area (TPSA) is 69.6 Å². The smallest absolute Gasteiger partial charge is 0.251 e. The molecule has 0 atom stereocenters. The van der Waals surface area contributed by atoms with Gasteiger partial charge in [-0.1, -0.05) is 6.07 Å². The Hall–Kier alpha value is -1.88. The summed E-state index contributed by atoms with van der Waals surface area (Å²) in [5.74, 6) is 0.0220.